The molecule has 2 aromatic heterocycles. The zero-order chi connectivity index (χ0) is 21.1. The predicted octanol–water partition coefficient (Wildman–Crippen LogP) is 3.38. The monoisotopic (exact) mass is 399 g/mol. The number of rotatable bonds is 4. The van der Waals surface area contributed by atoms with Crippen LogP contribution in [0.4, 0.5) is 17.3 Å². The second-order valence-corrected chi connectivity index (χ2v) is 7.16. The van der Waals surface area contributed by atoms with Crippen molar-refractivity contribution >= 4 is 39.9 Å². The molecule has 2 amide bonds. The van der Waals surface area contributed by atoms with Gasteiger partial charge >= 0.3 is 0 Å². The highest BCUT2D eigenvalue weighted by atomic mass is 16.2. The minimum Gasteiger partial charge on any atom is -0.373 e. The van der Waals surface area contributed by atoms with Crippen LogP contribution in [-0.4, -0.2) is 28.8 Å². The summed E-state index contributed by atoms with van der Waals surface area (Å²) >= 11 is 0. The molecule has 3 N–H and O–H groups in total. The van der Waals surface area contributed by atoms with Crippen LogP contribution in [0.15, 0.2) is 42.7 Å². The number of hydrogen-bond donors (Lipinski definition) is 3. The van der Waals surface area contributed by atoms with Crippen molar-refractivity contribution in [1.29, 1.82) is 0 Å². The summed E-state index contributed by atoms with van der Waals surface area (Å²) in [5, 5.41) is 10.4. The first-order valence-corrected chi connectivity index (χ1v) is 9.70. The van der Waals surface area contributed by atoms with E-state index >= 15 is 0 Å². The van der Waals surface area contributed by atoms with Crippen LogP contribution in [0, 0.1) is 17.8 Å². The Bertz CT molecular complexity index is 1190. The highest BCUT2D eigenvalue weighted by Crippen LogP contribution is 2.31. The van der Waals surface area contributed by atoms with Crippen LogP contribution in [0.1, 0.15) is 30.9 Å². The molecule has 1 aromatic carbocycles. The summed E-state index contributed by atoms with van der Waals surface area (Å²) in [6, 6.07) is 9.14. The van der Waals surface area contributed by atoms with Gasteiger partial charge in [-0.2, -0.15) is 0 Å². The number of carbonyl (C=O) groups is 2. The highest BCUT2D eigenvalue weighted by molar-refractivity contribution is 5.99. The molecule has 30 heavy (non-hydrogen) atoms. The molecule has 2 heterocycles. The van der Waals surface area contributed by atoms with Gasteiger partial charge in [0, 0.05) is 54.3 Å². The first-order valence-electron chi connectivity index (χ1n) is 9.70. The molecule has 0 radical (unpaired) electrons. The van der Waals surface area contributed by atoms with Gasteiger partial charge in [0.05, 0.1) is 5.56 Å². The van der Waals surface area contributed by atoms with Crippen LogP contribution in [0.2, 0.25) is 0 Å². The Morgan fingerprint density at radius 1 is 1.00 bits per heavy atom. The lowest BCUT2D eigenvalue weighted by molar-refractivity contribution is -0.117. The van der Waals surface area contributed by atoms with Gasteiger partial charge in [0.25, 0.3) is 0 Å². The Labute approximate surface area is 174 Å². The molecule has 0 atom stereocenters. The first-order chi connectivity index (χ1) is 14.5. The number of anilines is 3. The minimum atomic E-state index is -0.116. The van der Waals surface area contributed by atoms with Crippen LogP contribution in [-0.2, 0) is 9.59 Å². The smallest absolute Gasteiger partial charge is 0.228 e. The van der Waals surface area contributed by atoms with Gasteiger partial charge in [-0.3, -0.25) is 9.59 Å². The van der Waals surface area contributed by atoms with Gasteiger partial charge in [-0.25, -0.2) is 9.97 Å². The Balaban J connectivity index is 1.66. The zero-order valence-electron chi connectivity index (χ0n) is 16.7. The SMILES string of the molecule is CNc1ncc(C#Cc2ccc(NC(C)=O)cc2)c2cc(NC(=O)C3CC3)ncc12. The zero-order valence-corrected chi connectivity index (χ0v) is 16.7. The minimum absolute atomic E-state index is 0.0108. The lowest BCUT2D eigenvalue weighted by Gasteiger charge is -2.09. The van der Waals surface area contributed by atoms with Crippen molar-refractivity contribution in [3.63, 3.8) is 0 Å². The average molecular weight is 399 g/mol. The third-order valence-electron chi connectivity index (χ3n) is 4.75. The average Bonchev–Trinajstić information content (AvgIpc) is 3.58. The van der Waals surface area contributed by atoms with Crippen LogP contribution >= 0.6 is 0 Å². The van der Waals surface area contributed by atoms with Crippen LogP contribution in [0.3, 0.4) is 0 Å². The molecule has 7 heteroatoms. The van der Waals surface area contributed by atoms with Gasteiger partial charge < -0.3 is 16.0 Å². The maximum Gasteiger partial charge on any atom is 0.228 e. The van der Waals surface area contributed by atoms with Crippen LogP contribution in [0.5, 0.6) is 0 Å². The molecule has 1 aliphatic carbocycles. The van der Waals surface area contributed by atoms with Gasteiger partial charge in [-0.05, 0) is 43.2 Å². The topological polar surface area (TPSA) is 96.0 Å². The second-order valence-electron chi connectivity index (χ2n) is 7.16. The summed E-state index contributed by atoms with van der Waals surface area (Å²) in [6.45, 7) is 1.47. The molecule has 0 spiro atoms. The van der Waals surface area contributed by atoms with Crippen molar-refractivity contribution in [3.05, 3.63) is 53.9 Å². The Kier molecular flexibility index (Phi) is 5.31. The maximum absolute atomic E-state index is 12.1. The molecule has 1 aliphatic rings. The fourth-order valence-corrected chi connectivity index (χ4v) is 3.06. The quantitative estimate of drug-likeness (QED) is 0.585. The van der Waals surface area contributed by atoms with E-state index in [1.807, 2.05) is 18.2 Å². The van der Waals surface area contributed by atoms with Gasteiger partial charge in [-0.15, -0.1) is 0 Å². The Hall–Kier alpha value is -3.92. The van der Waals surface area contributed by atoms with E-state index in [4.69, 9.17) is 0 Å². The molecule has 1 saturated carbocycles. The normalized spacial score (nSPS) is 12.6. The van der Waals surface area contributed by atoms with Gasteiger partial charge in [0.1, 0.15) is 11.6 Å². The lowest BCUT2D eigenvalue weighted by Crippen LogP contribution is -2.14. The van der Waals surface area contributed by atoms with Crippen molar-refractivity contribution in [3.8, 4) is 11.8 Å². The van der Waals surface area contributed by atoms with Crippen molar-refractivity contribution in [2.24, 2.45) is 5.92 Å². The van der Waals surface area contributed by atoms with E-state index in [9.17, 15) is 9.59 Å². The Morgan fingerprint density at radius 2 is 1.77 bits per heavy atom. The fourth-order valence-electron chi connectivity index (χ4n) is 3.06. The number of aromatic nitrogens is 2. The van der Waals surface area contributed by atoms with E-state index in [1.54, 1.807) is 31.6 Å². The highest BCUT2D eigenvalue weighted by Gasteiger charge is 2.29. The summed E-state index contributed by atoms with van der Waals surface area (Å²) in [5.74, 6) is 7.50. The van der Waals surface area contributed by atoms with E-state index in [0.717, 1.165) is 40.4 Å². The summed E-state index contributed by atoms with van der Waals surface area (Å²) < 4.78 is 0. The van der Waals surface area contributed by atoms with E-state index < -0.39 is 0 Å². The van der Waals surface area contributed by atoms with E-state index in [0.29, 0.717) is 11.6 Å². The summed E-state index contributed by atoms with van der Waals surface area (Å²) in [7, 11) is 1.80. The van der Waals surface area contributed by atoms with Crippen molar-refractivity contribution in [2.75, 3.05) is 23.0 Å². The lowest BCUT2D eigenvalue weighted by atomic mass is 10.1. The maximum atomic E-state index is 12.1. The number of nitrogens with one attached hydrogen (secondary N) is 3. The number of pyridine rings is 2. The molecule has 7 nitrogen and oxygen atoms in total. The molecule has 0 saturated heterocycles. The number of benzene rings is 1. The van der Waals surface area contributed by atoms with Crippen LogP contribution in [0.25, 0.3) is 10.8 Å². The molecule has 0 bridgehead atoms. The van der Waals surface area contributed by atoms with E-state index in [-0.39, 0.29) is 17.7 Å². The molecule has 1 fully saturated rings. The van der Waals surface area contributed by atoms with E-state index in [1.165, 1.54) is 6.92 Å². The largest absolute Gasteiger partial charge is 0.373 e. The predicted molar refractivity (Wildman–Crippen MR) is 117 cm³/mol. The van der Waals surface area contributed by atoms with Crippen LogP contribution < -0.4 is 16.0 Å². The molecule has 150 valence electrons. The summed E-state index contributed by atoms with van der Waals surface area (Å²) in [6.07, 6.45) is 5.28. The number of nitrogens with zero attached hydrogens (tertiary/aromatic N) is 2. The second kappa shape index (κ2) is 8.21. The number of carbonyl (C=O) groups excluding carboxylic acids is 2. The summed E-state index contributed by atoms with van der Waals surface area (Å²) in [4.78, 5) is 32.0. The standard InChI is InChI=1S/C23H21N5O2/c1-14(29)27-18-9-4-15(5-10-18)3-6-17-12-26-22(24-2)20-13-25-21(11-19(17)20)28-23(30)16-7-8-16/h4-5,9-13,16H,7-8H2,1-2H3,(H,24,26)(H,27,29)(H,25,28,30). The van der Waals surface area contributed by atoms with Crippen molar-refractivity contribution in [1.82, 2.24) is 9.97 Å². The van der Waals surface area contributed by atoms with Crippen molar-refractivity contribution < 1.29 is 9.59 Å². The molecule has 0 unspecified atom stereocenters. The molecular formula is C23H21N5O2. The van der Waals surface area contributed by atoms with E-state index in [2.05, 4.69) is 37.8 Å². The molecular weight excluding hydrogens is 378 g/mol. The Morgan fingerprint density at radius 3 is 2.43 bits per heavy atom. The number of amides is 2. The third-order valence-corrected chi connectivity index (χ3v) is 4.75. The number of hydrogen-bond acceptors (Lipinski definition) is 5. The van der Waals surface area contributed by atoms with Crippen molar-refractivity contribution in [2.45, 2.75) is 19.8 Å². The first kappa shape index (κ1) is 19.4. The van der Waals surface area contributed by atoms with Gasteiger partial charge in [0.2, 0.25) is 11.8 Å². The fraction of sp³-hybridized carbons (Fsp3) is 0.217. The molecule has 4 rings (SSSR count). The van der Waals surface area contributed by atoms with Gasteiger partial charge in [-0.1, -0.05) is 11.8 Å². The molecule has 0 aliphatic heterocycles. The van der Waals surface area contributed by atoms with Gasteiger partial charge in [0.15, 0.2) is 0 Å². The molecule has 3 aromatic rings. The third kappa shape index (κ3) is 4.39. The number of fused-ring (bicyclic) bond motifs is 1. The summed E-state index contributed by atoms with van der Waals surface area (Å²) in [5.41, 5.74) is 2.27.